The zero-order valence-electron chi connectivity index (χ0n) is 8.29. The van der Waals surface area contributed by atoms with Crippen molar-refractivity contribution < 1.29 is 0 Å². The Hall–Kier alpha value is -2.43. The van der Waals surface area contributed by atoms with Crippen LogP contribution < -0.4 is 5.56 Å². The first-order chi connectivity index (χ1) is 7.86. The zero-order chi connectivity index (χ0) is 11.0. The van der Waals surface area contributed by atoms with Gasteiger partial charge in [0.05, 0.1) is 5.69 Å². The van der Waals surface area contributed by atoms with Gasteiger partial charge in [0.1, 0.15) is 11.8 Å². The van der Waals surface area contributed by atoms with Gasteiger partial charge in [-0.3, -0.25) is 9.78 Å². The van der Waals surface area contributed by atoms with Crippen LogP contribution in [0.4, 0.5) is 0 Å². The van der Waals surface area contributed by atoms with Gasteiger partial charge in [0.25, 0.3) is 5.56 Å². The molecule has 0 aliphatic carbocycles. The molecule has 0 spiro atoms. The summed E-state index contributed by atoms with van der Waals surface area (Å²) < 4.78 is 1.54. The molecule has 1 N–H and O–H groups in total. The minimum absolute atomic E-state index is 0.166. The van der Waals surface area contributed by atoms with Gasteiger partial charge in [0, 0.05) is 18.0 Å². The zero-order valence-corrected chi connectivity index (χ0v) is 8.29. The van der Waals surface area contributed by atoms with E-state index in [1.54, 1.807) is 16.9 Å². The van der Waals surface area contributed by atoms with Crippen LogP contribution in [-0.2, 0) is 0 Å². The van der Waals surface area contributed by atoms with Crippen molar-refractivity contribution in [2.45, 2.75) is 0 Å². The number of fused-ring (bicyclic) bond motifs is 1. The molecule has 0 saturated carbocycles. The fourth-order valence-corrected chi connectivity index (χ4v) is 1.69. The largest absolute Gasteiger partial charge is 0.310 e. The summed E-state index contributed by atoms with van der Waals surface area (Å²) in [6, 6.07) is 7.42. The van der Waals surface area contributed by atoms with Crippen LogP contribution in [0.15, 0.2) is 47.8 Å². The predicted octanol–water partition coefficient (Wildman–Crippen LogP) is 1.08. The van der Waals surface area contributed by atoms with Gasteiger partial charge in [0.15, 0.2) is 0 Å². The molecule has 0 aliphatic heterocycles. The highest BCUT2D eigenvalue weighted by Crippen LogP contribution is 2.19. The third-order valence-corrected chi connectivity index (χ3v) is 2.40. The second-order valence-electron chi connectivity index (χ2n) is 3.36. The van der Waals surface area contributed by atoms with Gasteiger partial charge in [-0.05, 0) is 18.2 Å². The van der Waals surface area contributed by atoms with Crippen molar-refractivity contribution in [1.82, 2.24) is 19.6 Å². The number of aromatic nitrogens is 4. The average molecular weight is 212 g/mol. The van der Waals surface area contributed by atoms with E-state index in [2.05, 4.69) is 15.1 Å². The number of pyridine rings is 1. The second kappa shape index (κ2) is 3.30. The van der Waals surface area contributed by atoms with Crippen LogP contribution in [-0.4, -0.2) is 19.6 Å². The summed E-state index contributed by atoms with van der Waals surface area (Å²) in [7, 11) is 0. The summed E-state index contributed by atoms with van der Waals surface area (Å²) in [6.07, 6.45) is 4.81. The van der Waals surface area contributed by atoms with E-state index < -0.39 is 0 Å². The molecule has 0 unspecified atom stereocenters. The maximum absolute atomic E-state index is 11.7. The molecule has 3 rings (SSSR count). The Kier molecular flexibility index (Phi) is 1.83. The number of nitrogens with zero attached hydrogens (tertiary/aromatic N) is 3. The van der Waals surface area contributed by atoms with Crippen LogP contribution in [0.2, 0.25) is 0 Å². The average Bonchev–Trinajstić information content (AvgIpc) is 2.75. The van der Waals surface area contributed by atoms with E-state index in [0.717, 1.165) is 11.3 Å². The first-order valence-corrected chi connectivity index (χ1v) is 4.83. The minimum Gasteiger partial charge on any atom is -0.310 e. The molecular formula is C11H8N4O. The summed E-state index contributed by atoms with van der Waals surface area (Å²) in [5.41, 5.74) is 1.90. The van der Waals surface area contributed by atoms with Crippen LogP contribution in [0.1, 0.15) is 0 Å². The maximum atomic E-state index is 11.7. The molecule has 0 saturated heterocycles. The van der Waals surface area contributed by atoms with E-state index >= 15 is 0 Å². The van der Waals surface area contributed by atoms with E-state index in [-0.39, 0.29) is 5.56 Å². The molecular weight excluding hydrogens is 204 g/mol. The SMILES string of the molecule is O=c1[nH]cnn2ccc(-c3ccccn3)c12. The smallest absolute Gasteiger partial charge is 0.275 e. The highest BCUT2D eigenvalue weighted by atomic mass is 16.1. The monoisotopic (exact) mass is 212 g/mol. The first kappa shape index (κ1) is 8.84. The Morgan fingerprint density at radius 2 is 2.19 bits per heavy atom. The number of hydrogen-bond acceptors (Lipinski definition) is 3. The Morgan fingerprint density at radius 1 is 1.25 bits per heavy atom. The fourth-order valence-electron chi connectivity index (χ4n) is 1.69. The van der Waals surface area contributed by atoms with Crippen LogP contribution in [0.5, 0.6) is 0 Å². The number of rotatable bonds is 1. The van der Waals surface area contributed by atoms with Crippen molar-refractivity contribution in [3.8, 4) is 11.3 Å². The lowest BCUT2D eigenvalue weighted by molar-refractivity contribution is 0.889. The lowest BCUT2D eigenvalue weighted by Crippen LogP contribution is -2.10. The van der Waals surface area contributed by atoms with E-state index in [1.165, 1.54) is 6.33 Å². The lowest BCUT2D eigenvalue weighted by Gasteiger charge is -1.97. The molecule has 0 fully saturated rings. The molecule has 3 aromatic heterocycles. The molecule has 16 heavy (non-hydrogen) atoms. The van der Waals surface area contributed by atoms with Gasteiger partial charge in [-0.15, -0.1) is 0 Å². The third kappa shape index (κ3) is 1.22. The Bertz CT molecular complexity index is 684. The highest BCUT2D eigenvalue weighted by Gasteiger charge is 2.09. The van der Waals surface area contributed by atoms with E-state index in [9.17, 15) is 4.79 Å². The number of nitrogens with one attached hydrogen (secondary N) is 1. The lowest BCUT2D eigenvalue weighted by atomic mass is 10.2. The van der Waals surface area contributed by atoms with Gasteiger partial charge in [-0.1, -0.05) is 6.07 Å². The highest BCUT2D eigenvalue weighted by molar-refractivity contribution is 5.77. The normalized spacial score (nSPS) is 10.8. The number of aromatic amines is 1. The Balaban J connectivity index is 2.38. The Morgan fingerprint density at radius 3 is 3.00 bits per heavy atom. The summed E-state index contributed by atoms with van der Waals surface area (Å²) >= 11 is 0. The van der Waals surface area contributed by atoms with Crippen molar-refractivity contribution in [3.63, 3.8) is 0 Å². The van der Waals surface area contributed by atoms with Crippen molar-refractivity contribution >= 4 is 5.52 Å². The van der Waals surface area contributed by atoms with Gasteiger partial charge in [-0.2, -0.15) is 5.10 Å². The van der Waals surface area contributed by atoms with Gasteiger partial charge in [0.2, 0.25) is 0 Å². The van der Waals surface area contributed by atoms with Crippen molar-refractivity contribution in [2.24, 2.45) is 0 Å². The van der Waals surface area contributed by atoms with Gasteiger partial charge < -0.3 is 4.98 Å². The van der Waals surface area contributed by atoms with Crippen molar-refractivity contribution in [3.05, 3.63) is 53.3 Å². The van der Waals surface area contributed by atoms with E-state index in [4.69, 9.17) is 0 Å². The molecule has 3 aromatic rings. The first-order valence-electron chi connectivity index (χ1n) is 4.83. The van der Waals surface area contributed by atoms with Crippen LogP contribution in [0, 0.1) is 0 Å². The molecule has 5 nitrogen and oxygen atoms in total. The predicted molar refractivity (Wildman–Crippen MR) is 59.0 cm³/mol. The molecule has 0 amide bonds. The van der Waals surface area contributed by atoms with Gasteiger partial charge >= 0.3 is 0 Å². The summed E-state index contributed by atoms with van der Waals surface area (Å²) in [5, 5.41) is 4.02. The molecule has 0 aromatic carbocycles. The number of hydrogen-bond donors (Lipinski definition) is 1. The summed E-state index contributed by atoms with van der Waals surface area (Å²) in [4.78, 5) is 18.5. The van der Waals surface area contributed by atoms with E-state index in [1.807, 2.05) is 24.3 Å². The fraction of sp³-hybridized carbons (Fsp3) is 0. The maximum Gasteiger partial charge on any atom is 0.275 e. The van der Waals surface area contributed by atoms with Crippen molar-refractivity contribution in [2.75, 3.05) is 0 Å². The summed E-state index contributed by atoms with van der Waals surface area (Å²) in [5.74, 6) is 0. The molecule has 0 aliphatic rings. The number of H-pyrrole nitrogens is 1. The summed E-state index contributed by atoms with van der Waals surface area (Å²) in [6.45, 7) is 0. The van der Waals surface area contributed by atoms with Gasteiger partial charge in [-0.25, -0.2) is 4.52 Å². The molecule has 78 valence electrons. The molecule has 0 radical (unpaired) electrons. The second-order valence-corrected chi connectivity index (χ2v) is 3.36. The van der Waals surface area contributed by atoms with Crippen LogP contribution in [0.25, 0.3) is 16.8 Å². The third-order valence-electron chi connectivity index (χ3n) is 2.40. The quantitative estimate of drug-likeness (QED) is 0.656. The van der Waals surface area contributed by atoms with Crippen LogP contribution >= 0.6 is 0 Å². The van der Waals surface area contributed by atoms with Crippen LogP contribution in [0.3, 0.4) is 0 Å². The molecule has 5 heteroatoms. The topological polar surface area (TPSA) is 63.0 Å². The molecule has 3 heterocycles. The molecule has 0 atom stereocenters. The molecule has 0 bridgehead atoms. The minimum atomic E-state index is -0.166. The van der Waals surface area contributed by atoms with E-state index in [0.29, 0.717) is 5.52 Å². The van der Waals surface area contributed by atoms with Crippen molar-refractivity contribution in [1.29, 1.82) is 0 Å². The standard InChI is InChI=1S/C11H8N4O/c16-11-10-8(9-3-1-2-5-12-9)4-6-15(10)14-7-13-11/h1-7H,(H,13,14,16). The Labute approximate surface area is 90.4 Å².